The molecule has 1 unspecified atom stereocenters. The highest BCUT2D eigenvalue weighted by molar-refractivity contribution is 5.77. The van der Waals surface area contributed by atoms with Gasteiger partial charge in [-0.3, -0.25) is 4.79 Å². The molecule has 0 radical (unpaired) electrons. The Morgan fingerprint density at radius 1 is 1.53 bits per heavy atom. The van der Waals surface area contributed by atoms with Gasteiger partial charge >= 0.3 is 0 Å². The van der Waals surface area contributed by atoms with Crippen molar-refractivity contribution in [1.82, 2.24) is 0 Å². The summed E-state index contributed by atoms with van der Waals surface area (Å²) in [5.41, 5.74) is 2.01. The standard InChI is InChI=1S/C12H20O3/c1-10-5-4-6-12(2,11(10)7-13)8-15-9-14-3/h7H,4-6,8-9H2,1-3H3. The van der Waals surface area contributed by atoms with Crippen LogP contribution in [-0.2, 0) is 14.3 Å². The van der Waals surface area contributed by atoms with Crippen LogP contribution in [0.5, 0.6) is 0 Å². The maximum Gasteiger partial charge on any atom is 0.146 e. The summed E-state index contributed by atoms with van der Waals surface area (Å²) in [4.78, 5) is 11.1. The van der Waals surface area contributed by atoms with E-state index in [1.165, 1.54) is 5.57 Å². The lowest BCUT2D eigenvalue weighted by Crippen LogP contribution is -2.30. The number of methoxy groups -OCH3 is 1. The molecule has 0 aromatic carbocycles. The highest BCUT2D eigenvalue weighted by atomic mass is 16.7. The normalized spacial score (nSPS) is 26.9. The van der Waals surface area contributed by atoms with Crippen molar-refractivity contribution < 1.29 is 14.3 Å². The predicted octanol–water partition coefficient (Wildman–Crippen LogP) is 2.31. The Morgan fingerprint density at radius 3 is 2.87 bits per heavy atom. The molecule has 1 aliphatic carbocycles. The average molecular weight is 212 g/mol. The Hall–Kier alpha value is -0.670. The number of carbonyl (C=O) groups excluding carboxylic acids is 1. The van der Waals surface area contributed by atoms with Crippen LogP contribution >= 0.6 is 0 Å². The molecule has 1 rings (SSSR count). The van der Waals surface area contributed by atoms with Crippen molar-refractivity contribution in [1.29, 1.82) is 0 Å². The summed E-state index contributed by atoms with van der Waals surface area (Å²) in [6.07, 6.45) is 4.18. The summed E-state index contributed by atoms with van der Waals surface area (Å²) in [5.74, 6) is 0. The monoisotopic (exact) mass is 212 g/mol. The second-order valence-corrected chi connectivity index (χ2v) is 4.48. The molecule has 0 aromatic rings. The first kappa shape index (κ1) is 12.4. The second-order valence-electron chi connectivity index (χ2n) is 4.48. The van der Waals surface area contributed by atoms with Gasteiger partial charge in [0.15, 0.2) is 0 Å². The summed E-state index contributed by atoms with van der Waals surface area (Å²) in [7, 11) is 1.60. The number of ether oxygens (including phenoxy) is 2. The average Bonchev–Trinajstić information content (AvgIpc) is 2.18. The minimum Gasteiger partial charge on any atom is -0.359 e. The third-order valence-corrected chi connectivity index (χ3v) is 3.13. The quantitative estimate of drug-likeness (QED) is 0.398. The van der Waals surface area contributed by atoms with Gasteiger partial charge in [-0.05, 0) is 31.8 Å². The predicted molar refractivity (Wildman–Crippen MR) is 58.6 cm³/mol. The third kappa shape index (κ3) is 2.89. The number of carbonyl (C=O) groups is 1. The van der Waals surface area contributed by atoms with Gasteiger partial charge in [-0.25, -0.2) is 0 Å². The van der Waals surface area contributed by atoms with Gasteiger partial charge in [0, 0.05) is 12.5 Å². The van der Waals surface area contributed by atoms with Gasteiger partial charge in [-0.2, -0.15) is 0 Å². The molecule has 3 heteroatoms. The molecule has 0 bridgehead atoms. The second kappa shape index (κ2) is 5.42. The van der Waals surface area contributed by atoms with Crippen LogP contribution in [0.1, 0.15) is 33.1 Å². The van der Waals surface area contributed by atoms with Crippen LogP contribution < -0.4 is 0 Å². The zero-order valence-electron chi connectivity index (χ0n) is 9.84. The molecule has 15 heavy (non-hydrogen) atoms. The molecule has 0 heterocycles. The highest BCUT2D eigenvalue weighted by Gasteiger charge is 2.33. The van der Waals surface area contributed by atoms with Gasteiger partial charge in [0.05, 0.1) is 6.61 Å². The number of allylic oxidation sites excluding steroid dienone is 1. The Balaban J connectivity index is 2.71. The number of aldehydes is 1. The first-order valence-electron chi connectivity index (χ1n) is 5.36. The fraction of sp³-hybridized carbons (Fsp3) is 0.750. The van der Waals surface area contributed by atoms with Gasteiger partial charge in [0.1, 0.15) is 13.1 Å². The molecular weight excluding hydrogens is 192 g/mol. The summed E-state index contributed by atoms with van der Waals surface area (Å²) < 4.78 is 10.2. The first-order chi connectivity index (χ1) is 7.14. The first-order valence-corrected chi connectivity index (χ1v) is 5.36. The van der Waals surface area contributed by atoms with Crippen LogP contribution in [0.2, 0.25) is 0 Å². The lowest BCUT2D eigenvalue weighted by molar-refractivity contribution is -0.107. The molecule has 0 fully saturated rings. The van der Waals surface area contributed by atoms with Crippen LogP contribution in [0, 0.1) is 5.41 Å². The minimum atomic E-state index is -0.122. The van der Waals surface area contributed by atoms with E-state index in [1.807, 2.05) is 6.92 Å². The summed E-state index contributed by atoms with van der Waals surface area (Å²) >= 11 is 0. The fourth-order valence-electron chi connectivity index (χ4n) is 2.27. The molecular formula is C12H20O3. The summed E-state index contributed by atoms with van der Waals surface area (Å²) in [5, 5.41) is 0. The van der Waals surface area contributed by atoms with E-state index in [0.29, 0.717) is 13.4 Å². The van der Waals surface area contributed by atoms with Crippen LogP contribution in [0.3, 0.4) is 0 Å². The largest absolute Gasteiger partial charge is 0.359 e. The summed E-state index contributed by atoms with van der Waals surface area (Å²) in [6.45, 7) is 4.99. The highest BCUT2D eigenvalue weighted by Crippen LogP contribution is 2.39. The Kier molecular flexibility index (Phi) is 4.48. The molecule has 1 aliphatic rings. The van der Waals surface area contributed by atoms with Crippen molar-refractivity contribution in [3.05, 3.63) is 11.1 Å². The van der Waals surface area contributed by atoms with Crippen molar-refractivity contribution in [2.45, 2.75) is 33.1 Å². The van der Waals surface area contributed by atoms with Crippen molar-refractivity contribution in [3.8, 4) is 0 Å². The van der Waals surface area contributed by atoms with Crippen molar-refractivity contribution in [2.75, 3.05) is 20.5 Å². The van der Waals surface area contributed by atoms with Crippen molar-refractivity contribution >= 4 is 6.29 Å². The van der Waals surface area contributed by atoms with Crippen LogP contribution in [0.4, 0.5) is 0 Å². The molecule has 86 valence electrons. The van der Waals surface area contributed by atoms with Gasteiger partial charge in [-0.15, -0.1) is 0 Å². The zero-order valence-corrected chi connectivity index (χ0v) is 9.84. The van der Waals surface area contributed by atoms with Crippen LogP contribution in [-0.4, -0.2) is 26.8 Å². The Labute approximate surface area is 91.4 Å². The smallest absolute Gasteiger partial charge is 0.146 e. The maximum atomic E-state index is 11.1. The zero-order chi connectivity index (χ0) is 11.3. The lowest BCUT2D eigenvalue weighted by atomic mass is 9.72. The van der Waals surface area contributed by atoms with Gasteiger partial charge in [-0.1, -0.05) is 12.5 Å². The molecule has 0 saturated heterocycles. The number of hydrogen-bond donors (Lipinski definition) is 0. The van der Waals surface area contributed by atoms with E-state index in [-0.39, 0.29) is 5.41 Å². The van der Waals surface area contributed by atoms with E-state index >= 15 is 0 Å². The number of rotatable bonds is 5. The summed E-state index contributed by atoms with van der Waals surface area (Å²) in [6, 6.07) is 0. The molecule has 0 N–H and O–H groups in total. The molecule has 0 saturated carbocycles. The van der Waals surface area contributed by atoms with Gasteiger partial charge in [0.25, 0.3) is 0 Å². The Bertz CT molecular complexity index is 258. The van der Waals surface area contributed by atoms with E-state index in [9.17, 15) is 4.79 Å². The molecule has 0 amide bonds. The van der Waals surface area contributed by atoms with E-state index in [1.54, 1.807) is 7.11 Å². The molecule has 0 aromatic heterocycles. The minimum absolute atomic E-state index is 0.122. The van der Waals surface area contributed by atoms with Crippen LogP contribution in [0.25, 0.3) is 0 Å². The Morgan fingerprint density at radius 2 is 2.27 bits per heavy atom. The van der Waals surface area contributed by atoms with E-state index in [4.69, 9.17) is 9.47 Å². The van der Waals surface area contributed by atoms with E-state index in [0.717, 1.165) is 31.1 Å². The lowest BCUT2D eigenvalue weighted by Gasteiger charge is -2.34. The SMILES string of the molecule is COCOCC1(C)CCCC(C)=C1C=O. The molecule has 0 aliphatic heterocycles. The molecule has 3 nitrogen and oxygen atoms in total. The van der Waals surface area contributed by atoms with Crippen LogP contribution in [0.15, 0.2) is 11.1 Å². The maximum absolute atomic E-state index is 11.1. The van der Waals surface area contributed by atoms with Gasteiger partial charge < -0.3 is 9.47 Å². The topological polar surface area (TPSA) is 35.5 Å². The van der Waals surface area contributed by atoms with E-state index in [2.05, 4.69) is 6.92 Å². The van der Waals surface area contributed by atoms with Gasteiger partial charge in [0.2, 0.25) is 0 Å². The molecule has 1 atom stereocenters. The van der Waals surface area contributed by atoms with Crippen molar-refractivity contribution in [2.24, 2.45) is 5.41 Å². The van der Waals surface area contributed by atoms with Crippen molar-refractivity contribution in [3.63, 3.8) is 0 Å². The molecule has 0 spiro atoms. The fourth-order valence-corrected chi connectivity index (χ4v) is 2.27. The van der Waals surface area contributed by atoms with E-state index < -0.39 is 0 Å². The number of hydrogen-bond acceptors (Lipinski definition) is 3. The third-order valence-electron chi connectivity index (χ3n) is 3.13.